The molecule has 4 aromatic rings. The Morgan fingerprint density at radius 2 is 1.90 bits per heavy atom. The Bertz CT molecular complexity index is 1220. The smallest absolute Gasteiger partial charge is 0.220 e. The Balaban J connectivity index is 1.30. The molecule has 1 N–H and O–H groups in total. The van der Waals surface area contributed by atoms with E-state index in [-0.39, 0.29) is 5.91 Å². The average Bonchev–Trinajstić information content (AvgIpc) is 3.23. The van der Waals surface area contributed by atoms with Gasteiger partial charge in [0.2, 0.25) is 5.91 Å². The van der Waals surface area contributed by atoms with Gasteiger partial charge in [0.15, 0.2) is 5.65 Å². The zero-order chi connectivity index (χ0) is 21.3. The van der Waals surface area contributed by atoms with E-state index in [1.165, 1.54) is 0 Å². The van der Waals surface area contributed by atoms with Crippen LogP contribution in [-0.2, 0) is 17.8 Å². The summed E-state index contributed by atoms with van der Waals surface area (Å²) in [6, 6.07) is 10.1. The van der Waals surface area contributed by atoms with Crippen molar-refractivity contribution in [3.8, 4) is 0 Å². The van der Waals surface area contributed by atoms with Gasteiger partial charge in [0.25, 0.3) is 0 Å². The van der Waals surface area contributed by atoms with Crippen LogP contribution in [0.4, 0.5) is 0 Å². The highest BCUT2D eigenvalue weighted by Gasteiger charge is 2.13. The van der Waals surface area contributed by atoms with E-state index in [0.717, 1.165) is 58.1 Å². The number of imidazole rings is 1. The van der Waals surface area contributed by atoms with Crippen LogP contribution in [0.5, 0.6) is 0 Å². The Morgan fingerprint density at radius 3 is 2.73 bits per heavy atom. The summed E-state index contributed by atoms with van der Waals surface area (Å²) in [4.78, 5) is 21.6. The van der Waals surface area contributed by atoms with Crippen molar-refractivity contribution < 1.29 is 4.79 Å². The van der Waals surface area contributed by atoms with E-state index in [2.05, 4.69) is 31.0 Å². The fraction of sp³-hybridized carbons (Fsp3) is 0.391. The molecular formula is C23H28N6O. The van der Waals surface area contributed by atoms with Crippen LogP contribution in [-0.4, -0.2) is 36.6 Å². The molecular weight excluding hydrogens is 376 g/mol. The third-order valence-electron chi connectivity index (χ3n) is 5.61. The topological polar surface area (TPSA) is 77.1 Å². The first-order valence-electron chi connectivity index (χ1n) is 10.4. The predicted octanol–water partition coefficient (Wildman–Crippen LogP) is 3.45. The average molecular weight is 405 g/mol. The molecule has 1 amide bonds. The Kier molecular flexibility index (Phi) is 5.53. The molecule has 0 aliphatic carbocycles. The van der Waals surface area contributed by atoms with Crippen LogP contribution in [0.25, 0.3) is 16.7 Å². The highest BCUT2D eigenvalue weighted by Crippen LogP contribution is 2.17. The lowest BCUT2D eigenvalue weighted by molar-refractivity contribution is -0.121. The molecule has 0 aliphatic heterocycles. The van der Waals surface area contributed by atoms with Crippen molar-refractivity contribution in [2.75, 3.05) is 6.54 Å². The molecule has 0 saturated heterocycles. The number of nitrogens with zero attached hydrogens (tertiary/aromatic N) is 5. The molecule has 3 aromatic heterocycles. The maximum atomic E-state index is 12.4. The normalized spacial score (nSPS) is 11.5. The Labute approximate surface area is 176 Å². The van der Waals surface area contributed by atoms with E-state index in [0.29, 0.717) is 19.4 Å². The molecule has 156 valence electrons. The van der Waals surface area contributed by atoms with E-state index in [4.69, 9.17) is 0 Å². The number of aromatic nitrogens is 5. The summed E-state index contributed by atoms with van der Waals surface area (Å²) in [7, 11) is 0. The van der Waals surface area contributed by atoms with E-state index in [1.807, 2.05) is 56.5 Å². The number of para-hydroxylation sites is 2. The summed E-state index contributed by atoms with van der Waals surface area (Å²) in [6.45, 7) is 9.52. The van der Waals surface area contributed by atoms with Gasteiger partial charge in [-0.1, -0.05) is 12.1 Å². The molecule has 0 fully saturated rings. The minimum atomic E-state index is 0.0674. The second-order valence-corrected chi connectivity index (χ2v) is 7.82. The molecule has 7 heteroatoms. The lowest BCUT2D eigenvalue weighted by Gasteiger charge is -2.11. The Morgan fingerprint density at radius 1 is 1.10 bits per heavy atom. The monoisotopic (exact) mass is 404 g/mol. The maximum absolute atomic E-state index is 12.4. The van der Waals surface area contributed by atoms with Gasteiger partial charge in [-0.3, -0.25) is 4.79 Å². The van der Waals surface area contributed by atoms with Crippen molar-refractivity contribution in [3.05, 3.63) is 58.8 Å². The van der Waals surface area contributed by atoms with Crippen molar-refractivity contribution in [2.24, 2.45) is 0 Å². The lowest BCUT2D eigenvalue weighted by atomic mass is 10.1. The van der Waals surface area contributed by atoms with Crippen LogP contribution < -0.4 is 5.32 Å². The molecule has 0 radical (unpaired) electrons. The fourth-order valence-electron chi connectivity index (χ4n) is 4.07. The molecule has 30 heavy (non-hydrogen) atoms. The minimum Gasteiger partial charge on any atom is -0.356 e. The zero-order valence-corrected chi connectivity index (χ0v) is 18.1. The summed E-state index contributed by atoms with van der Waals surface area (Å²) in [5.74, 6) is 1.07. The number of hydrogen-bond donors (Lipinski definition) is 1. The van der Waals surface area contributed by atoms with Crippen molar-refractivity contribution in [1.29, 1.82) is 0 Å². The van der Waals surface area contributed by atoms with Crippen molar-refractivity contribution >= 4 is 22.6 Å². The van der Waals surface area contributed by atoms with Gasteiger partial charge in [-0.2, -0.15) is 5.10 Å². The zero-order valence-electron chi connectivity index (χ0n) is 18.1. The SMILES string of the molecule is Cc1cc2nc(C)c(CCC(=O)NCCCn3c(C)nc4ccccc43)c(C)n2n1. The van der Waals surface area contributed by atoms with Gasteiger partial charge in [-0.15, -0.1) is 0 Å². The van der Waals surface area contributed by atoms with Crippen LogP contribution in [0.2, 0.25) is 0 Å². The van der Waals surface area contributed by atoms with Gasteiger partial charge in [-0.05, 0) is 58.2 Å². The van der Waals surface area contributed by atoms with Gasteiger partial charge in [0.05, 0.1) is 16.7 Å². The third-order valence-corrected chi connectivity index (χ3v) is 5.61. The molecule has 0 bridgehead atoms. The number of amides is 1. The van der Waals surface area contributed by atoms with Gasteiger partial charge in [0.1, 0.15) is 5.82 Å². The number of rotatable bonds is 7. The van der Waals surface area contributed by atoms with Crippen LogP contribution in [0.15, 0.2) is 30.3 Å². The number of aryl methyl sites for hydroxylation is 5. The first kappa shape index (κ1) is 20.1. The van der Waals surface area contributed by atoms with E-state index in [1.54, 1.807) is 0 Å². The number of fused-ring (bicyclic) bond motifs is 2. The van der Waals surface area contributed by atoms with Crippen molar-refractivity contribution in [2.45, 2.75) is 53.5 Å². The molecule has 1 aromatic carbocycles. The van der Waals surface area contributed by atoms with Gasteiger partial charge in [-0.25, -0.2) is 14.5 Å². The van der Waals surface area contributed by atoms with Crippen molar-refractivity contribution in [3.63, 3.8) is 0 Å². The molecule has 0 spiro atoms. The molecule has 4 rings (SSSR count). The highest BCUT2D eigenvalue weighted by molar-refractivity contribution is 5.76. The number of benzene rings is 1. The summed E-state index contributed by atoms with van der Waals surface area (Å²) < 4.78 is 4.08. The standard InChI is InChI=1S/C23H28N6O/c1-15-14-22-25-16(2)19(17(3)29(22)27-15)10-11-23(30)24-12-7-13-28-18(4)26-20-8-5-6-9-21(20)28/h5-6,8-9,14H,7,10-13H2,1-4H3,(H,24,30). The largest absolute Gasteiger partial charge is 0.356 e. The number of hydrogen-bond acceptors (Lipinski definition) is 4. The highest BCUT2D eigenvalue weighted by atomic mass is 16.1. The predicted molar refractivity (Wildman–Crippen MR) is 118 cm³/mol. The van der Waals surface area contributed by atoms with Gasteiger partial charge < -0.3 is 9.88 Å². The van der Waals surface area contributed by atoms with Crippen LogP contribution >= 0.6 is 0 Å². The summed E-state index contributed by atoms with van der Waals surface area (Å²) in [5, 5.41) is 7.55. The van der Waals surface area contributed by atoms with Gasteiger partial charge in [0, 0.05) is 37.0 Å². The van der Waals surface area contributed by atoms with Gasteiger partial charge >= 0.3 is 0 Å². The van der Waals surface area contributed by atoms with E-state index >= 15 is 0 Å². The summed E-state index contributed by atoms with van der Waals surface area (Å²) in [6.07, 6.45) is 1.98. The number of carbonyl (C=O) groups is 1. The fourth-order valence-corrected chi connectivity index (χ4v) is 4.07. The number of nitrogens with one attached hydrogen (secondary N) is 1. The first-order valence-corrected chi connectivity index (χ1v) is 10.4. The lowest BCUT2D eigenvalue weighted by Crippen LogP contribution is -2.26. The first-order chi connectivity index (χ1) is 14.4. The van der Waals surface area contributed by atoms with Crippen LogP contribution in [0.3, 0.4) is 0 Å². The number of carbonyl (C=O) groups excluding carboxylic acids is 1. The quantitative estimate of drug-likeness (QED) is 0.479. The Hall–Kier alpha value is -3.22. The minimum absolute atomic E-state index is 0.0674. The molecule has 0 unspecified atom stereocenters. The maximum Gasteiger partial charge on any atom is 0.220 e. The molecule has 0 atom stereocenters. The second-order valence-electron chi connectivity index (χ2n) is 7.82. The summed E-state index contributed by atoms with van der Waals surface area (Å²) in [5.41, 5.74) is 7.09. The molecule has 3 heterocycles. The second kappa shape index (κ2) is 8.26. The molecule has 7 nitrogen and oxygen atoms in total. The summed E-state index contributed by atoms with van der Waals surface area (Å²) >= 11 is 0. The third kappa shape index (κ3) is 3.92. The van der Waals surface area contributed by atoms with Crippen LogP contribution in [0, 0.1) is 27.7 Å². The van der Waals surface area contributed by atoms with Crippen LogP contribution in [0.1, 0.15) is 41.3 Å². The van der Waals surface area contributed by atoms with E-state index < -0.39 is 0 Å². The van der Waals surface area contributed by atoms with E-state index in [9.17, 15) is 4.79 Å². The van der Waals surface area contributed by atoms with Crippen molar-refractivity contribution in [1.82, 2.24) is 29.5 Å². The molecule has 0 aliphatic rings. The molecule has 0 saturated carbocycles.